The zero-order valence-electron chi connectivity index (χ0n) is 11.4. The molecule has 0 radical (unpaired) electrons. The Hall–Kier alpha value is -1.02. The highest BCUT2D eigenvalue weighted by Crippen LogP contribution is 2.45. The number of benzene rings is 1. The largest absolute Gasteiger partial charge is 0.382 e. The molecule has 2 N–H and O–H groups in total. The van der Waals surface area contributed by atoms with Crippen LogP contribution in [0.15, 0.2) is 24.3 Å². The lowest BCUT2D eigenvalue weighted by Gasteiger charge is -2.24. The highest BCUT2D eigenvalue weighted by atomic mass is 14.9. The Morgan fingerprint density at radius 3 is 2.44 bits per heavy atom. The van der Waals surface area contributed by atoms with Crippen LogP contribution in [0.25, 0.3) is 0 Å². The van der Waals surface area contributed by atoms with Crippen LogP contribution >= 0.6 is 0 Å². The molecule has 2 saturated carbocycles. The van der Waals surface area contributed by atoms with Crippen LogP contribution in [0, 0.1) is 11.8 Å². The summed E-state index contributed by atoms with van der Waals surface area (Å²) < 4.78 is 0. The van der Waals surface area contributed by atoms with Crippen molar-refractivity contribution < 1.29 is 0 Å². The maximum Gasteiger partial charge on any atom is 0.0342 e. The third-order valence-electron chi connectivity index (χ3n) is 4.93. The fourth-order valence-corrected chi connectivity index (χ4v) is 3.67. The standard InChI is InChI=1S/C16H24N2/c1-11(17-2)13-5-7-15(8-6-13)18-16-10-12-3-4-14(16)9-12/h5-8,11-12,14,16-18H,3-4,9-10H2,1-2H3. The summed E-state index contributed by atoms with van der Waals surface area (Å²) in [7, 11) is 2.01. The lowest BCUT2D eigenvalue weighted by Crippen LogP contribution is -2.25. The lowest BCUT2D eigenvalue weighted by atomic mass is 9.95. The van der Waals surface area contributed by atoms with Crippen LogP contribution in [0.4, 0.5) is 5.69 Å². The SMILES string of the molecule is CNC(C)c1ccc(NC2CC3CCC2C3)cc1. The Labute approximate surface area is 110 Å². The summed E-state index contributed by atoms with van der Waals surface area (Å²) in [6, 6.07) is 10.1. The molecule has 2 aliphatic rings. The molecule has 0 amide bonds. The lowest BCUT2D eigenvalue weighted by molar-refractivity contribution is 0.440. The molecule has 0 aromatic heterocycles. The van der Waals surface area contributed by atoms with Crippen LogP contribution in [-0.4, -0.2) is 13.1 Å². The summed E-state index contributed by atoms with van der Waals surface area (Å²) in [5, 5.41) is 7.01. The van der Waals surface area contributed by atoms with Crippen LogP contribution in [0.5, 0.6) is 0 Å². The van der Waals surface area contributed by atoms with Crippen molar-refractivity contribution in [3.63, 3.8) is 0 Å². The van der Waals surface area contributed by atoms with E-state index in [1.165, 1.54) is 36.9 Å². The molecule has 2 fully saturated rings. The first-order valence-electron chi connectivity index (χ1n) is 7.30. The third-order valence-corrected chi connectivity index (χ3v) is 4.93. The minimum atomic E-state index is 0.432. The van der Waals surface area contributed by atoms with Crippen molar-refractivity contribution in [3.05, 3.63) is 29.8 Å². The molecule has 18 heavy (non-hydrogen) atoms. The van der Waals surface area contributed by atoms with Crippen molar-refractivity contribution in [1.82, 2.24) is 5.32 Å². The van der Waals surface area contributed by atoms with Crippen LogP contribution in [0.3, 0.4) is 0 Å². The quantitative estimate of drug-likeness (QED) is 0.846. The van der Waals surface area contributed by atoms with E-state index in [2.05, 4.69) is 41.8 Å². The first-order chi connectivity index (χ1) is 8.76. The molecule has 0 heterocycles. The van der Waals surface area contributed by atoms with Crippen molar-refractivity contribution >= 4 is 5.69 Å². The average Bonchev–Trinajstić information content (AvgIpc) is 3.01. The number of rotatable bonds is 4. The Morgan fingerprint density at radius 2 is 1.89 bits per heavy atom. The number of hydrogen-bond donors (Lipinski definition) is 2. The second-order valence-electron chi connectivity index (χ2n) is 6.06. The van der Waals surface area contributed by atoms with E-state index >= 15 is 0 Å². The molecule has 4 atom stereocenters. The summed E-state index contributed by atoms with van der Waals surface area (Å²) in [5.41, 5.74) is 2.65. The van der Waals surface area contributed by atoms with Gasteiger partial charge in [0.1, 0.15) is 0 Å². The Morgan fingerprint density at radius 1 is 1.11 bits per heavy atom. The molecule has 2 bridgehead atoms. The van der Waals surface area contributed by atoms with E-state index < -0.39 is 0 Å². The Kier molecular flexibility index (Phi) is 3.29. The van der Waals surface area contributed by atoms with Gasteiger partial charge in [0, 0.05) is 17.8 Å². The average molecular weight is 244 g/mol. The van der Waals surface area contributed by atoms with Gasteiger partial charge in [0.25, 0.3) is 0 Å². The molecular weight excluding hydrogens is 220 g/mol. The number of nitrogens with one attached hydrogen (secondary N) is 2. The van der Waals surface area contributed by atoms with Crippen molar-refractivity contribution in [3.8, 4) is 0 Å². The molecule has 2 heteroatoms. The minimum Gasteiger partial charge on any atom is -0.382 e. The van der Waals surface area contributed by atoms with Gasteiger partial charge in [-0.15, -0.1) is 0 Å². The van der Waals surface area contributed by atoms with E-state index in [0.29, 0.717) is 6.04 Å². The first-order valence-corrected chi connectivity index (χ1v) is 7.30. The van der Waals surface area contributed by atoms with Crippen LogP contribution < -0.4 is 10.6 Å². The molecule has 4 unspecified atom stereocenters. The highest BCUT2D eigenvalue weighted by molar-refractivity contribution is 5.46. The number of anilines is 1. The van der Waals surface area contributed by atoms with Gasteiger partial charge in [0.15, 0.2) is 0 Å². The number of fused-ring (bicyclic) bond motifs is 2. The van der Waals surface area contributed by atoms with E-state index in [1.54, 1.807) is 0 Å². The minimum absolute atomic E-state index is 0.432. The monoisotopic (exact) mass is 244 g/mol. The van der Waals surface area contributed by atoms with E-state index in [9.17, 15) is 0 Å². The highest BCUT2D eigenvalue weighted by Gasteiger charge is 2.39. The molecule has 1 aromatic carbocycles. The number of hydrogen-bond acceptors (Lipinski definition) is 2. The zero-order valence-corrected chi connectivity index (χ0v) is 11.4. The second-order valence-corrected chi connectivity index (χ2v) is 6.06. The van der Waals surface area contributed by atoms with Gasteiger partial charge in [-0.2, -0.15) is 0 Å². The van der Waals surface area contributed by atoms with Gasteiger partial charge in [-0.3, -0.25) is 0 Å². The summed E-state index contributed by atoms with van der Waals surface area (Å²) in [4.78, 5) is 0. The van der Waals surface area contributed by atoms with Crippen molar-refractivity contribution in [2.45, 2.75) is 44.7 Å². The Bertz CT molecular complexity index is 398. The summed E-state index contributed by atoms with van der Waals surface area (Å²) in [6.45, 7) is 2.19. The molecule has 2 nitrogen and oxygen atoms in total. The van der Waals surface area contributed by atoms with Gasteiger partial charge in [-0.05, 0) is 62.8 Å². The first kappa shape index (κ1) is 12.0. The Balaban J connectivity index is 1.63. The van der Waals surface area contributed by atoms with Gasteiger partial charge in [-0.1, -0.05) is 18.6 Å². The second kappa shape index (κ2) is 4.93. The van der Waals surface area contributed by atoms with Gasteiger partial charge >= 0.3 is 0 Å². The fraction of sp³-hybridized carbons (Fsp3) is 0.625. The van der Waals surface area contributed by atoms with Crippen molar-refractivity contribution in [2.75, 3.05) is 12.4 Å². The van der Waals surface area contributed by atoms with Crippen molar-refractivity contribution in [2.24, 2.45) is 11.8 Å². The maximum atomic E-state index is 3.74. The predicted octanol–water partition coefficient (Wildman–Crippen LogP) is 3.57. The van der Waals surface area contributed by atoms with Gasteiger partial charge in [-0.25, -0.2) is 0 Å². The fourth-order valence-electron chi connectivity index (χ4n) is 3.67. The van der Waals surface area contributed by atoms with E-state index in [0.717, 1.165) is 17.9 Å². The molecule has 0 saturated heterocycles. The van der Waals surface area contributed by atoms with E-state index in [1.807, 2.05) is 7.05 Å². The zero-order chi connectivity index (χ0) is 12.5. The molecule has 0 spiro atoms. The smallest absolute Gasteiger partial charge is 0.0342 e. The molecule has 0 aliphatic heterocycles. The molecule has 3 rings (SSSR count). The van der Waals surface area contributed by atoms with Gasteiger partial charge in [0.2, 0.25) is 0 Å². The van der Waals surface area contributed by atoms with E-state index in [4.69, 9.17) is 0 Å². The normalized spacial score (nSPS) is 31.6. The summed E-state index contributed by atoms with van der Waals surface area (Å²) in [6.07, 6.45) is 5.77. The maximum absolute atomic E-state index is 3.74. The van der Waals surface area contributed by atoms with Crippen LogP contribution in [0.1, 0.15) is 44.2 Å². The molecule has 1 aromatic rings. The predicted molar refractivity (Wildman–Crippen MR) is 76.8 cm³/mol. The molecule has 2 aliphatic carbocycles. The molecular formula is C16H24N2. The van der Waals surface area contributed by atoms with Gasteiger partial charge in [0.05, 0.1) is 0 Å². The topological polar surface area (TPSA) is 24.1 Å². The molecule has 98 valence electrons. The van der Waals surface area contributed by atoms with Crippen LogP contribution in [-0.2, 0) is 0 Å². The van der Waals surface area contributed by atoms with Crippen molar-refractivity contribution in [1.29, 1.82) is 0 Å². The van der Waals surface area contributed by atoms with E-state index in [-0.39, 0.29) is 0 Å². The van der Waals surface area contributed by atoms with Crippen LogP contribution in [0.2, 0.25) is 0 Å². The summed E-state index contributed by atoms with van der Waals surface area (Å²) >= 11 is 0. The summed E-state index contributed by atoms with van der Waals surface area (Å²) in [5.74, 6) is 1.95. The van der Waals surface area contributed by atoms with Gasteiger partial charge < -0.3 is 10.6 Å². The third kappa shape index (κ3) is 2.26.